The van der Waals surface area contributed by atoms with Gasteiger partial charge in [0.15, 0.2) is 5.78 Å². The van der Waals surface area contributed by atoms with E-state index in [9.17, 15) is 4.79 Å². The van der Waals surface area contributed by atoms with E-state index in [4.69, 9.17) is 0 Å². The third-order valence-electron chi connectivity index (χ3n) is 3.22. The molecule has 21 heavy (non-hydrogen) atoms. The molecule has 0 aliphatic heterocycles. The molecule has 0 bridgehead atoms. The Kier molecular flexibility index (Phi) is 4.03. The molecule has 0 aliphatic rings. The first kappa shape index (κ1) is 14.2. The molecule has 0 aliphatic carbocycles. The van der Waals surface area contributed by atoms with Crippen LogP contribution in [0, 0.1) is 6.92 Å². The molecule has 5 heteroatoms. The molecule has 3 aromatic rings. The molecule has 0 fully saturated rings. The van der Waals surface area contributed by atoms with Crippen LogP contribution in [0.5, 0.6) is 0 Å². The van der Waals surface area contributed by atoms with Crippen molar-refractivity contribution in [2.24, 2.45) is 0 Å². The van der Waals surface area contributed by atoms with Crippen molar-refractivity contribution in [1.82, 2.24) is 9.97 Å². The lowest BCUT2D eigenvalue weighted by molar-refractivity contribution is 0.0994. The number of benzene rings is 1. The molecular weight excluding hydrogens is 300 g/mol. The van der Waals surface area contributed by atoms with Crippen LogP contribution < -0.4 is 0 Å². The first-order chi connectivity index (χ1) is 10.1. The number of thioether (sulfide) groups is 1. The van der Waals surface area contributed by atoms with E-state index >= 15 is 0 Å². The number of rotatable bonds is 4. The summed E-state index contributed by atoms with van der Waals surface area (Å²) in [6, 6.07) is 9.70. The molecule has 0 unspecified atom stereocenters. The smallest absolute Gasteiger partial charge is 0.175 e. The first-order valence-electron chi connectivity index (χ1n) is 6.61. The maximum absolute atomic E-state index is 12.5. The summed E-state index contributed by atoms with van der Waals surface area (Å²) in [6.07, 6.45) is 1.56. The van der Waals surface area contributed by atoms with Crippen LogP contribution in [0.1, 0.15) is 22.8 Å². The molecular formula is C16H14N2OS2. The number of thiophene rings is 1. The number of hydrogen-bond donors (Lipinski definition) is 0. The molecule has 0 saturated heterocycles. The summed E-state index contributed by atoms with van der Waals surface area (Å²) in [5.41, 5.74) is 1.90. The normalized spacial score (nSPS) is 12.5. The summed E-state index contributed by atoms with van der Waals surface area (Å²) in [7, 11) is 0. The Morgan fingerprint density at radius 1 is 1.19 bits per heavy atom. The Morgan fingerprint density at radius 2 is 1.95 bits per heavy atom. The summed E-state index contributed by atoms with van der Waals surface area (Å²) in [4.78, 5) is 22.0. The van der Waals surface area contributed by atoms with Gasteiger partial charge in [-0.1, -0.05) is 41.6 Å². The van der Waals surface area contributed by atoms with E-state index in [-0.39, 0.29) is 11.0 Å². The van der Waals surface area contributed by atoms with E-state index in [1.54, 1.807) is 17.7 Å². The second-order valence-electron chi connectivity index (χ2n) is 4.81. The zero-order valence-corrected chi connectivity index (χ0v) is 13.4. The number of fused-ring (bicyclic) bond motifs is 1. The average molecular weight is 314 g/mol. The van der Waals surface area contributed by atoms with E-state index in [1.807, 2.05) is 49.6 Å². The molecule has 1 atom stereocenters. The van der Waals surface area contributed by atoms with Gasteiger partial charge in [0.25, 0.3) is 0 Å². The van der Waals surface area contributed by atoms with E-state index < -0.39 is 0 Å². The van der Waals surface area contributed by atoms with Crippen molar-refractivity contribution in [2.45, 2.75) is 24.1 Å². The number of hydrogen-bond acceptors (Lipinski definition) is 5. The van der Waals surface area contributed by atoms with Crippen LogP contribution in [0.25, 0.3) is 10.2 Å². The molecule has 1 aromatic carbocycles. The van der Waals surface area contributed by atoms with Crippen LogP contribution in [-0.4, -0.2) is 21.0 Å². The summed E-state index contributed by atoms with van der Waals surface area (Å²) in [5.74, 6) is 0.127. The van der Waals surface area contributed by atoms with Gasteiger partial charge in [-0.2, -0.15) is 0 Å². The minimum absolute atomic E-state index is 0.127. The van der Waals surface area contributed by atoms with Gasteiger partial charge in [0, 0.05) is 10.9 Å². The minimum atomic E-state index is -0.175. The predicted molar refractivity (Wildman–Crippen MR) is 88.2 cm³/mol. The fourth-order valence-corrected chi connectivity index (χ4v) is 3.81. The number of aromatic nitrogens is 2. The van der Waals surface area contributed by atoms with Gasteiger partial charge in [0.1, 0.15) is 16.2 Å². The summed E-state index contributed by atoms with van der Waals surface area (Å²) in [6.45, 7) is 3.94. The standard InChI is InChI=1S/C16H14N2OS2/c1-10-3-5-12(6-4-10)14(19)11(2)21-16-13-7-8-20-15(13)17-9-18-16/h3-9,11H,1-2H3/t11-/m1/s1. The fourth-order valence-electron chi connectivity index (χ4n) is 2.03. The van der Waals surface area contributed by atoms with Crippen molar-refractivity contribution in [3.8, 4) is 0 Å². The molecule has 3 rings (SSSR count). The molecule has 0 amide bonds. The molecule has 3 nitrogen and oxygen atoms in total. The maximum Gasteiger partial charge on any atom is 0.175 e. The van der Waals surface area contributed by atoms with Gasteiger partial charge in [0.05, 0.1) is 5.25 Å². The minimum Gasteiger partial charge on any atom is -0.293 e. The zero-order valence-electron chi connectivity index (χ0n) is 11.7. The number of nitrogens with zero attached hydrogens (tertiary/aromatic N) is 2. The van der Waals surface area contributed by atoms with E-state index in [0.717, 1.165) is 26.4 Å². The largest absolute Gasteiger partial charge is 0.293 e. The fraction of sp³-hybridized carbons (Fsp3) is 0.188. The summed E-state index contributed by atoms with van der Waals surface area (Å²) < 4.78 is 0. The van der Waals surface area contributed by atoms with Crippen LogP contribution in [0.15, 0.2) is 47.1 Å². The Balaban J connectivity index is 1.82. The molecule has 106 valence electrons. The van der Waals surface area contributed by atoms with Gasteiger partial charge in [0.2, 0.25) is 0 Å². The lowest BCUT2D eigenvalue weighted by Gasteiger charge is -2.10. The summed E-state index contributed by atoms with van der Waals surface area (Å²) in [5, 5.41) is 3.71. The van der Waals surface area contributed by atoms with Crippen molar-refractivity contribution >= 4 is 39.1 Å². The highest BCUT2D eigenvalue weighted by atomic mass is 32.2. The molecule has 2 heterocycles. The average Bonchev–Trinajstić information content (AvgIpc) is 2.97. The zero-order chi connectivity index (χ0) is 14.8. The first-order valence-corrected chi connectivity index (χ1v) is 8.37. The highest BCUT2D eigenvalue weighted by Crippen LogP contribution is 2.31. The molecule has 2 aromatic heterocycles. The Hall–Kier alpha value is -1.72. The SMILES string of the molecule is Cc1ccc(C(=O)[C@@H](C)Sc2ncnc3sccc23)cc1. The van der Waals surface area contributed by atoms with Crippen molar-refractivity contribution < 1.29 is 4.79 Å². The number of ketones is 1. The third kappa shape index (κ3) is 2.99. The number of carbonyl (C=O) groups excluding carboxylic acids is 1. The van der Waals surface area contributed by atoms with Crippen molar-refractivity contribution in [2.75, 3.05) is 0 Å². The molecule has 0 N–H and O–H groups in total. The quantitative estimate of drug-likeness (QED) is 0.407. The highest BCUT2D eigenvalue weighted by Gasteiger charge is 2.18. The monoisotopic (exact) mass is 314 g/mol. The number of aryl methyl sites for hydroxylation is 1. The highest BCUT2D eigenvalue weighted by molar-refractivity contribution is 8.00. The van der Waals surface area contributed by atoms with E-state index in [2.05, 4.69) is 9.97 Å². The molecule has 0 saturated carbocycles. The summed E-state index contributed by atoms with van der Waals surface area (Å²) >= 11 is 3.08. The van der Waals surface area contributed by atoms with Crippen LogP contribution >= 0.6 is 23.1 Å². The van der Waals surface area contributed by atoms with Crippen LogP contribution in [-0.2, 0) is 0 Å². The Bertz CT molecular complexity index is 780. The van der Waals surface area contributed by atoms with E-state index in [0.29, 0.717) is 0 Å². The topological polar surface area (TPSA) is 42.9 Å². The second-order valence-corrected chi connectivity index (χ2v) is 7.03. The Labute approximate surface area is 131 Å². The predicted octanol–water partition coefficient (Wildman–Crippen LogP) is 4.36. The van der Waals surface area contributed by atoms with Crippen LogP contribution in [0.3, 0.4) is 0 Å². The van der Waals surface area contributed by atoms with Gasteiger partial charge in [-0.15, -0.1) is 11.3 Å². The maximum atomic E-state index is 12.5. The van der Waals surface area contributed by atoms with Crippen molar-refractivity contribution in [1.29, 1.82) is 0 Å². The van der Waals surface area contributed by atoms with Gasteiger partial charge in [-0.25, -0.2) is 9.97 Å². The van der Waals surface area contributed by atoms with Crippen molar-refractivity contribution in [3.05, 3.63) is 53.2 Å². The lowest BCUT2D eigenvalue weighted by atomic mass is 10.1. The Morgan fingerprint density at radius 3 is 2.71 bits per heavy atom. The van der Waals surface area contributed by atoms with Crippen LogP contribution in [0.4, 0.5) is 0 Å². The second kappa shape index (κ2) is 5.95. The van der Waals surface area contributed by atoms with Gasteiger partial charge < -0.3 is 0 Å². The third-order valence-corrected chi connectivity index (χ3v) is 5.16. The van der Waals surface area contributed by atoms with Gasteiger partial charge in [-0.05, 0) is 25.3 Å². The van der Waals surface area contributed by atoms with Gasteiger partial charge >= 0.3 is 0 Å². The van der Waals surface area contributed by atoms with E-state index in [1.165, 1.54) is 11.8 Å². The molecule has 0 radical (unpaired) electrons. The lowest BCUT2D eigenvalue weighted by Crippen LogP contribution is -2.13. The van der Waals surface area contributed by atoms with Crippen molar-refractivity contribution in [3.63, 3.8) is 0 Å². The molecule has 0 spiro atoms. The van der Waals surface area contributed by atoms with Gasteiger partial charge in [-0.3, -0.25) is 4.79 Å². The van der Waals surface area contributed by atoms with Crippen LogP contribution in [0.2, 0.25) is 0 Å². The number of carbonyl (C=O) groups is 1. The number of Topliss-reactive ketones (excluding diaryl/α,β-unsaturated/α-hetero) is 1.